The fourth-order valence-corrected chi connectivity index (χ4v) is 2.98. The maximum atomic E-state index is 12.7. The third kappa shape index (κ3) is 2.19. The van der Waals surface area contributed by atoms with Crippen molar-refractivity contribution in [3.63, 3.8) is 0 Å². The topological polar surface area (TPSA) is 49.4 Å². The van der Waals surface area contributed by atoms with Crippen LogP contribution in [0.25, 0.3) is 0 Å². The fourth-order valence-electron chi connectivity index (χ4n) is 2.98. The van der Waals surface area contributed by atoms with Gasteiger partial charge in [-0.05, 0) is 38.2 Å². The second kappa shape index (κ2) is 4.93. The number of hydrogen-bond acceptors (Lipinski definition) is 2. The maximum absolute atomic E-state index is 12.7. The summed E-state index contributed by atoms with van der Waals surface area (Å²) in [5, 5.41) is 2.88. The Bertz CT molecular complexity index is 525. The van der Waals surface area contributed by atoms with Crippen molar-refractivity contribution in [2.45, 2.75) is 44.8 Å². The number of carbonyl (C=O) groups is 2. The molecule has 20 heavy (non-hydrogen) atoms. The summed E-state index contributed by atoms with van der Waals surface area (Å²) in [4.78, 5) is 26.6. The third-order valence-corrected chi connectivity index (χ3v) is 4.41. The highest BCUT2D eigenvalue weighted by molar-refractivity contribution is 5.97. The van der Waals surface area contributed by atoms with Crippen LogP contribution in [-0.4, -0.2) is 28.8 Å². The molecule has 2 amide bonds. The number of rotatable bonds is 3. The molecule has 106 valence electrons. The highest BCUT2D eigenvalue weighted by Crippen LogP contribution is 2.37. The molecule has 3 atom stereocenters. The van der Waals surface area contributed by atoms with Crippen LogP contribution in [0.1, 0.15) is 38.3 Å². The fraction of sp³-hybridized carbons (Fsp3) is 0.500. The molecule has 0 aromatic heterocycles. The maximum Gasteiger partial charge on any atom is 0.246 e. The number of piperazine rings is 1. The molecule has 4 heteroatoms. The molecular weight excluding hydrogens is 252 g/mol. The highest BCUT2D eigenvalue weighted by Gasteiger charge is 2.46. The number of amides is 2. The Labute approximate surface area is 119 Å². The van der Waals surface area contributed by atoms with Crippen molar-refractivity contribution >= 4 is 11.8 Å². The first-order chi connectivity index (χ1) is 9.59. The van der Waals surface area contributed by atoms with Crippen LogP contribution in [0.5, 0.6) is 0 Å². The average Bonchev–Trinajstić information content (AvgIpc) is 3.28. The average molecular weight is 272 g/mol. The molecule has 1 saturated carbocycles. The molecule has 1 aliphatic heterocycles. The molecule has 0 bridgehead atoms. The van der Waals surface area contributed by atoms with E-state index in [1.54, 1.807) is 11.8 Å². The number of nitrogens with zero attached hydrogens (tertiary/aromatic N) is 1. The van der Waals surface area contributed by atoms with E-state index in [4.69, 9.17) is 0 Å². The smallest absolute Gasteiger partial charge is 0.246 e. The van der Waals surface area contributed by atoms with Crippen LogP contribution in [0, 0.1) is 5.92 Å². The number of carbonyl (C=O) groups excluding carboxylic acids is 2. The van der Waals surface area contributed by atoms with E-state index < -0.39 is 6.04 Å². The van der Waals surface area contributed by atoms with Crippen molar-refractivity contribution in [2.75, 3.05) is 0 Å². The van der Waals surface area contributed by atoms with Crippen molar-refractivity contribution in [1.29, 1.82) is 0 Å². The Morgan fingerprint density at radius 1 is 1.20 bits per heavy atom. The first kappa shape index (κ1) is 13.2. The Morgan fingerprint density at radius 2 is 1.85 bits per heavy atom. The van der Waals surface area contributed by atoms with Gasteiger partial charge in [-0.1, -0.05) is 30.3 Å². The van der Waals surface area contributed by atoms with E-state index in [0.717, 1.165) is 18.4 Å². The van der Waals surface area contributed by atoms with E-state index >= 15 is 0 Å². The molecule has 4 nitrogen and oxygen atoms in total. The van der Waals surface area contributed by atoms with Crippen molar-refractivity contribution in [3.05, 3.63) is 35.9 Å². The third-order valence-electron chi connectivity index (χ3n) is 4.41. The molecule has 1 saturated heterocycles. The van der Waals surface area contributed by atoms with Crippen molar-refractivity contribution in [1.82, 2.24) is 10.2 Å². The molecule has 1 N–H and O–H groups in total. The molecule has 2 fully saturated rings. The van der Waals surface area contributed by atoms with E-state index in [0.29, 0.717) is 5.92 Å². The molecule has 1 heterocycles. The van der Waals surface area contributed by atoms with E-state index in [1.807, 2.05) is 37.3 Å². The predicted octanol–water partition coefficient (Wildman–Crippen LogP) is 1.87. The number of nitrogens with one attached hydrogen (secondary N) is 1. The molecule has 1 aromatic rings. The summed E-state index contributed by atoms with van der Waals surface area (Å²) in [6.07, 6.45) is 2.08. The Balaban J connectivity index is 1.88. The summed E-state index contributed by atoms with van der Waals surface area (Å²) in [5.74, 6) is 0.365. The van der Waals surface area contributed by atoms with Gasteiger partial charge in [-0.2, -0.15) is 0 Å². The number of hydrogen-bond donors (Lipinski definition) is 1. The summed E-state index contributed by atoms with van der Waals surface area (Å²) >= 11 is 0. The second-order valence-corrected chi connectivity index (χ2v) is 5.83. The van der Waals surface area contributed by atoms with Gasteiger partial charge in [0.2, 0.25) is 11.8 Å². The van der Waals surface area contributed by atoms with Gasteiger partial charge in [0.05, 0.1) is 6.04 Å². The second-order valence-electron chi connectivity index (χ2n) is 5.83. The SMILES string of the molecule is CC1C(=O)NC(C2CC2)C(=O)N1C(C)c1ccccc1. The summed E-state index contributed by atoms with van der Waals surface area (Å²) < 4.78 is 0. The highest BCUT2D eigenvalue weighted by atomic mass is 16.2. The van der Waals surface area contributed by atoms with Crippen LogP contribution in [0.4, 0.5) is 0 Å². The van der Waals surface area contributed by atoms with Gasteiger partial charge in [0.1, 0.15) is 12.1 Å². The molecule has 0 spiro atoms. The molecule has 1 aromatic carbocycles. The van der Waals surface area contributed by atoms with Crippen LogP contribution >= 0.6 is 0 Å². The number of benzene rings is 1. The van der Waals surface area contributed by atoms with Crippen molar-refractivity contribution < 1.29 is 9.59 Å². The van der Waals surface area contributed by atoms with E-state index in [2.05, 4.69) is 5.32 Å². The van der Waals surface area contributed by atoms with E-state index in [1.165, 1.54) is 0 Å². The zero-order chi connectivity index (χ0) is 14.3. The summed E-state index contributed by atoms with van der Waals surface area (Å²) in [5.41, 5.74) is 1.07. The van der Waals surface area contributed by atoms with Crippen LogP contribution in [0.3, 0.4) is 0 Å². The van der Waals surface area contributed by atoms with Gasteiger partial charge in [0, 0.05) is 0 Å². The standard InChI is InChI=1S/C16H20N2O2/c1-10(12-6-4-3-5-7-12)18-11(2)15(19)17-14(16(18)20)13-8-9-13/h3-7,10-11,13-14H,8-9H2,1-2H3,(H,17,19). The van der Waals surface area contributed by atoms with E-state index in [-0.39, 0.29) is 23.9 Å². The van der Waals surface area contributed by atoms with Gasteiger partial charge in [0.15, 0.2) is 0 Å². The first-order valence-corrected chi connectivity index (χ1v) is 7.27. The van der Waals surface area contributed by atoms with Gasteiger partial charge in [-0.25, -0.2) is 0 Å². The molecule has 3 rings (SSSR count). The molecular formula is C16H20N2O2. The van der Waals surface area contributed by atoms with Gasteiger partial charge >= 0.3 is 0 Å². The Morgan fingerprint density at radius 3 is 2.45 bits per heavy atom. The zero-order valence-corrected chi connectivity index (χ0v) is 11.9. The zero-order valence-electron chi connectivity index (χ0n) is 11.9. The molecule has 3 unspecified atom stereocenters. The van der Waals surface area contributed by atoms with Gasteiger partial charge < -0.3 is 10.2 Å². The largest absolute Gasteiger partial charge is 0.342 e. The lowest BCUT2D eigenvalue weighted by Gasteiger charge is -2.41. The Hall–Kier alpha value is -1.84. The summed E-state index contributed by atoms with van der Waals surface area (Å²) in [6, 6.07) is 9.08. The first-order valence-electron chi connectivity index (χ1n) is 7.27. The summed E-state index contributed by atoms with van der Waals surface area (Å²) in [6.45, 7) is 3.79. The van der Waals surface area contributed by atoms with Crippen LogP contribution in [0.15, 0.2) is 30.3 Å². The quantitative estimate of drug-likeness (QED) is 0.913. The Kier molecular flexibility index (Phi) is 3.24. The summed E-state index contributed by atoms with van der Waals surface area (Å²) in [7, 11) is 0. The minimum atomic E-state index is -0.410. The van der Waals surface area contributed by atoms with Crippen molar-refractivity contribution in [3.8, 4) is 0 Å². The lowest BCUT2D eigenvalue weighted by molar-refractivity contribution is -0.151. The monoisotopic (exact) mass is 272 g/mol. The normalized spacial score (nSPS) is 28.2. The van der Waals surface area contributed by atoms with E-state index in [9.17, 15) is 9.59 Å². The van der Waals surface area contributed by atoms with Gasteiger partial charge in [0.25, 0.3) is 0 Å². The van der Waals surface area contributed by atoms with Crippen LogP contribution in [-0.2, 0) is 9.59 Å². The van der Waals surface area contributed by atoms with Crippen molar-refractivity contribution in [2.24, 2.45) is 5.92 Å². The van der Waals surface area contributed by atoms with Crippen LogP contribution in [0.2, 0.25) is 0 Å². The minimum Gasteiger partial charge on any atom is -0.342 e. The molecule has 1 aliphatic carbocycles. The van der Waals surface area contributed by atoms with Gasteiger partial charge in [-0.3, -0.25) is 9.59 Å². The van der Waals surface area contributed by atoms with Crippen LogP contribution < -0.4 is 5.32 Å². The minimum absolute atomic E-state index is 0.0377. The van der Waals surface area contributed by atoms with Gasteiger partial charge in [-0.15, -0.1) is 0 Å². The molecule has 2 aliphatic rings. The lowest BCUT2D eigenvalue weighted by atomic mass is 9.99. The predicted molar refractivity (Wildman–Crippen MR) is 75.8 cm³/mol. The lowest BCUT2D eigenvalue weighted by Crippen LogP contribution is -2.63. The molecule has 0 radical (unpaired) electrons.